The van der Waals surface area contributed by atoms with E-state index in [2.05, 4.69) is 74.3 Å². The Kier molecular flexibility index (Phi) is 5.41. The van der Waals surface area contributed by atoms with Gasteiger partial charge in [-0.1, -0.05) is 28.9 Å². The fourth-order valence-corrected chi connectivity index (χ4v) is 2.74. The molecular formula is C15H19Br2N3. The lowest BCUT2D eigenvalue weighted by Gasteiger charge is -2.12. The van der Waals surface area contributed by atoms with Crippen molar-refractivity contribution in [3.63, 3.8) is 0 Å². The van der Waals surface area contributed by atoms with E-state index in [9.17, 15) is 0 Å². The molecule has 1 N–H and O–H groups in total. The third kappa shape index (κ3) is 3.32. The minimum Gasteiger partial charge on any atom is -0.313 e. The Morgan fingerprint density at radius 2 is 2.00 bits per heavy atom. The minimum absolute atomic E-state index is 0.854. The Hall–Kier alpha value is -0.650. The predicted molar refractivity (Wildman–Crippen MR) is 90.4 cm³/mol. The Morgan fingerprint density at radius 3 is 2.60 bits per heavy atom. The van der Waals surface area contributed by atoms with E-state index in [1.54, 1.807) is 0 Å². The van der Waals surface area contributed by atoms with E-state index in [1.165, 1.54) is 5.56 Å². The van der Waals surface area contributed by atoms with Crippen molar-refractivity contribution in [1.29, 1.82) is 0 Å². The van der Waals surface area contributed by atoms with Gasteiger partial charge in [0.15, 0.2) is 0 Å². The molecule has 0 bridgehead atoms. The monoisotopic (exact) mass is 399 g/mol. The first-order valence-corrected chi connectivity index (χ1v) is 8.34. The maximum Gasteiger partial charge on any atom is 0.0743 e. The van der Waals surface area contributed by atoms with Crippen LogP contribution < -0.4 is 5.32 Å². The van der Waals surface area contributed by atoms with Crippen LogP contribution in [0.3, 0.4) is 0 Å². The number of hydrogen-bond donors (Lipinski definition) is 1. The van der Waals surface area contributed by atoms with Gasteiger partial charge in [-0.05, 0) is 60.4 Å². The molecule has 0 radical (unpaired) electrons. The average Bonchev–Trinajstić information content (AvgIpc) is 2.68. The molecule has 2 rings (SSSR count). The summed E-state index contributed by atoms with van der Waals surface area (Å²) in [6.45, 7) is 8.14. The van der Waals surface area contributed by atoms with Crippen LogP contribution in [0.2, 0.25) is 0 Å². The molecule has 0 atom stereocenters. The summed E-state index contributed by atoms with van der Waals surface area (Å²) in [5.74, 6) is 0. The maximum absolute atomic E-state index is 4.63. The van der Waals surface area contributed by atoms with E-state index < -0.39 is 0 Å². The van der Waals surface area contributed by atoms with Crippen molar-refractivity contribution >= 4 is 31.9 Å². The van der Waals surface area contributed by atoms with E-state index in [1.807, 2.05) is 11.6 Å². The van der Waals surface area contributed by atoms with Gasteiger partial charge in [-0.15, -0.1) is 0 Å². The molecule has 0 fully saturated rings. The molecule has 5 heteroatoms. The van der Waals surface area contributed by atoms with E-state index in [0.717, 1.165) is 45.5 Å². The Morgan fingerprint density at radius 1 is 1.25 bits per heavy atom. The normalized spacial score (nSPS) is 11.1. The lowest BCUT2D eigenvalue weighted by Crippen LogP contribution is -2.16. The third-order valence-corrected chi connectivity index (χ3v) is 4.86. The molecule has 0 spiro atoms. The fourth-order valence-electron chi connectivity index (χ4n) is 2.14. The highest BCUT2D eigenvalue weighted by molar-refractivity contribution is 9.10. The molecule has 2 aromatic rings. The lowest BCUT2D eigenvalue weighted by molar-refractivity contribution is 0.669. The molecule has 1 aromatic carbocycles. The van der Waals surface area contributed by atoms with Crippen molar-refractivity contribution in [2.45, 2.75) is 33.7 Å². The van der Waals surface area contributed by atoms with E-state index >= 15 is 0 Å². The summed E-state index contributed by atoms with van der Waals surface area (Å²) in [6, 6.07) is 6.34. The van der Waals surface area contributed by atoms with Gasteiger partial charge in [-0.2, -0.15) is 5.10 Å². The highest BCUT2D eigenvalue weighted by Gasteiger charge is 2.13. The molecule has 0 unspecified atom stereocenters. The van der Waals surface area contributed by atoms with Crippen LogP contribution in [0.5, 0.6) is 0 Å². The van der Waals surface area contributed by atoms with Crippen molar-refractivity contribution in [1.82, 2.24) is 15.1 Å². The molecule has 0 aliphatic carbocycles. The van der Waals surface area contributed by atoms with Crippen LogP contribution in [0.25, 0.3) is 5.69 Å². The van der Waals surface area contributed by atoms with Crippen LogP contribution in [0.1, 0.15) is 30.3 Å². The van der Waals surface area contributed by atoms with Crippen LogP contribution in [0, 0.1) is 13.8 Å². The van der Waals surface area contributed by atoms with Crippen LogP contribution in [0.15, 0.2) is 27.1 Å². The van der Waals surface area contributed by atoms with Crippen molar-refractivity contribution in [3.05, 3.63) is 44.1 Å². The van der Waals surface area contributed by atoms with Crippen molar-refractivity contribution < 1.29 is 0 Å². The standard InChI is InChI=1S/C15H19Br2N3/c1-4-7-18-9-12-5-6-13(16)8-14(12)20-11(3)15(17)10(2)19-20/h5-6,8,18H,4,7,9H2,1-3H3. The quantitative estimate of drug-likeness (QED) is 0.748. The molecule has 0 aliphatic rings. The second kappa shape index (κ2) is 6.87. The van der Waals surface area contributed by atoms with Gasteiger partial charge in [0.05, 0.1) is 21.5 Å². The van der Waals surface area contributed by atoms with Crippen LogP contribution >= 0.6 is 31.9 Å². The summed E-state index contributed by atoms with van der Waals surface area (Å²) < 4.78 is 4.15. The van der Waals surface area contributed by atoms with Gasteiger partial charge in [-0.3, -0.25) is 0 Å². The summed E-state index contributed by atoms with van der Waals surface area (Å²) in [5, 5.41) is 8.08. The Balaban J connectivity index is 2.43. The molecule has 0 aliphatic heterocycles. The summed E-state index contributed by atoms with van der Waals surface area (Å²) >= 11 is 7.15. The number of hydrogen-bond acceptors (Lipinski definition) is 2. The average molecular weight is 401 g/mol. The zero-order valence-corrected chi connectivity index (χ0v) is 15.2. The van der Waals surface area contributed by atoms with Gasteiger partial charge in [0, 0.05) is 11.0 Å². The summed E-state index contributed by atoms with van der Waals surface area (Å²) in [5.41, 5.74) is 4.50. The largest absolute Gasteiger partial charge is 0.313 e. The maximum atomic E-state index is 4.63. The zero-order chi connectivity index (χ0) is 14.7. The summed E-state index contributed by atoms with van der Waals surface area (Å²) in [4.78, 5) is 0. The van der Waals surface area contributed by atoms with E-state index in [4.69, 9.17) is 0 Å². The smallest absolute Gasteiger partial charge is 0.0743 e. The fraction of sp³-hybridized carbons (Fsp3) is 0.400. The molecule has 20 heavy (non-hydrogen) atoms. The molecular weight excluding hydrogens is 382 g/mol. The van der Waals surface area contributed by atoms with Gasteiger partial charge in [0.25, 0.3) is 0 Å². The number of nitrogens with zero attached hydrogens (tertiary/aromatic N) is 2. The molecule has 1 aromatic heterocycles. The number of aromatic nitrogens is 2. The van der Waals surface area contributed by atoms with Crippen molar-refractivity contribution in [3.8, 4) is 5.69 Å². The first-order chi connectivity index (χ1) is 9.54. The first kappa shape index (κ1) is 15.7. The van der Waals surface area contributed by atoms with Gasteiger partial charge < -0.3 is 5.32 Å². The third-order valence-electron chi connectivity index (χ3n) is 3.22. The van der Waals surface area contributed by atoms with Crippen molar-refractivity contribution in [2.75, 3.05) is 6.54 Å². The van der Waals surface area contributed by atoms with Crippen molar-refractivity contribution in [2.24, 2.45) is 0 Å². The number of aryl methyl sites for hydroxylation is 1. The summed E-state index contributed by atoms with van der Waals surface area (Å²) in [6.07, 6.45) is 1.14. The van der Waals surface area contributed by atoms with Gasteiger partial charge >= 0.3 is 0 Å². The lowest BCUT2D eigenvalue weighted by atomic mass is 10.1. The minimum atomic E-state index is 0.854. The second-order valence-corrected chi connectivity index (χ2v) is 6.56. The van der Waals surface area contributed by atoms with Gasteiger partial charge in [-0.25, -0.2) is 4.68 Å². The predicted octanol–water partition coefficient (Wildman–Crippen LogP) is 4.51. The van der Waals surface area contributed by atoms with Gasteiger partial charge in [0.1, 0.15) is 0 Å². The number of nitrogens with one attached hydrogen (secondary N) is 1. The zero-order valence-electron chi connectivity index (χ0n) is 12.0. The Bertz CT molecular complexity index is 605. The summed E-state index contributed by atoms with van der Waals surface area (Å²) in [7, 11) is 0. The van der Waals surface area contributed by atoms with E-state index in [0.29, 0.717) is 0 Å². The molecule has 3 nitrogen and oxygen atoms in total. The molecule has 0 amide bonds. The number of halogens is 2. The number of benzene rings is 1. The van der Waals surface area contributed by atoms with E-state index in [-0.39, 0.29) is 0 Å². The first-order valence-electron chi connectivity index (χ1n) is 6.75. The highest BCUT2D eigenvalue weighted by Crippen LogP contribution is 2.26. The van der Waals surface area contributed by atoms with Crippen LogP contribution in [0.4, 0.5) is 0 Å². The SMILES string of the molecule is CCCNCc1ccc(Br)cc1-n1nc(C)c(Br)c1C. The second-order valence-electron chi connectivity index (χ2n) is 4.85. The molecule has 0 saturated heterocycles. The number of rotatable bonds is 5. The Labute approximate surface area is 137 Å². The van der Waals surface area contributed by atoms with Crippen LogP contribution in [-0.4, -0.2) is 16.3 Å². The van der Waals surface area contributed by atoms with Crippen LogP contribution in [-0.2, 0) is 6.54 Å². The van der Waals surface area contributed by atoms with Gasteiger partial charge in [0.2, 0.25) is 0 Å². The topological polar surface area (TPSA) is 29.9 Å². The molecule has 108 valence electrons. The molecule has 0 saturated carbocycles. The highest BCUT2D eigenvalue weighted by atomic mass is 79.9. The molecule has 1 heterocycles.